The Balaban J connectivity index is 1.49. The van der Waals surface area contributed by atoms with E-state index in [2.05, 4.69) is 17.6 Å². The molecule has 0 saturated heterocycles. The number of carbonyl (C=O) groups excluding carboxylic acids is 2. The molecule has 3 aromatic carbocycles. The second-order valence-electron chi connectivity index (χ2n) is 7.24. The molecule has 3 aromatic rings. The molecule has 0 spiro atoms. The number of hydrogen-bond acceptors (Lipinski definition) is 3. The van der Waals surface area contributed by atoms with E-state index in [1.54, 1.807) is 42.5 Å². The molecule has 0 aliphatic heterocycles. The SMILES string of the molecule is CCCCc1ccc(NC(=O)COc2ccc(C(=O)Nc3cc(Cl)ccc3Cl)cc2)cc1. The smallest absolute Gasteiger partial charge is 0.262 e. The van der Waals surface area contributed by atoms with Crippen molar-refractivity contribution in [3.8, 4) is 5.75 Å². The lowest BCUT2D eigenvalue weighted by atomic mass is 10.1. The first-order valence-electron chi connectivity index (χ1n) is 10.3. The number of benzene rings is 3. The third kappa shape index (κ3) is 7.01. The molecule has 2 N–H and O–H groups in total. The highest BCUT2D eigenvalue weighted by molar-refractivity contribution is 6.35. The average Bonchev–Trinajstić information content (AvgIpc) is 2.80. The van der Waals surface area contributed by atoms with Crippen LogP contribution in [0.4, 0.5) is 11.4 Å². The number of carbonyl (C=O) groups is 2. The minimum absolute atomic E-state index is 0.138. The topological polar surface area (TPSA) is 67.4 Å². The normalized spacial score (nSPS) is 10.5. The van der Waals surface area contributed by atoms with Crippen molar-refractivity contribution in [3.05, 3.63) is 87.9 Å². The van der Waals surface area contributed by atoms with Crippen LogP contribution in [0, 0.1) is 0 Å². The standard InChI is InChI=1S/C25H24Cl2N2O3/c1-2-3-4-17-5-10-20(11-6-17)28-24(30)16-32-21-12-7-18(8-13-21)25(31)29-23-15-19(26)9-14-22(23)27/h5-15H,2-4,16H2,1H3,(H,28,30)(H,29,31). The summed E-state index contributed by atoms with van der Waals surface area (Å²) in [6.45, 7) is 2.02. The summed E-state index contributed by atoms with van der Waals surface area (Å²) in [4.78, 5) is 24.6. The number of hydrogen-bond donors (Lipinski definition) is 2. The summed E-state index contributed by atoms with van der Waals surface area (Å²) in [5.41, 5.74) is 2.83. The molecule has 0 radical (unpaired) electrons. The second-order valence-corrected chi connectivity index (χ2v) is 8.08. The van der Waals surface area contributed by atoms with E-state index < -0.39 is 0 Å². The highest BCUT2D eigenvalue weighted by Gasteiger charge is 2.10. The van der Waals surface area contributed by atoms with Crippen LogP contribution in [0.25, 0.3) is 0 Å². The number of rotatable bonds is 9. The molecule has 0 fully saturated rings. The first-order valence-corrected chi connectivity index (χ1v) is 11.1. The van der Waals surface area contributed by atoms with Crippen LogP contribution in [0.5, 0.6) is 5.75 Å². The van der Waals surface area contributed by atoms with Gasteiger partial charge in [-0.3, -0.25) is 9.59 Å². The first kappa shape index (κ1) is 23.6. The number of halogens is 2. The van der Waals surface area contributed by atoms with Gasteiger partial charge in [-0.15, -0.1) is 0 Å². The number of nitrogens with one attached hydrogen (secondary N) is 2. The largest absolute Gasteiger partial charge is 0.484 e. The molecule has 0 aromatic heterocycles. The molecule has 0 saturated carbocycles. The maximum atomic E-state index is 12.4. The molecular weight excluding hydrogens is 447 g/mol. The first-order chi connectivity index (χ1) is 15.4. The Labute approximate surface area is 197 Å². The van der Waals surface area contributed by atoms with Gasteiger partial charge in [-0.1, -0.05) is 48.7 Å². The highest BCUT2D eigenvalue weighted by Crippen LogP contribution is 2.26. The Bertz CT molecular complexity index is 1070. The fourth-order valence-corrected chi connectivity index (χ4v) is 3.31. The highest BCUT2D eigenvalue weighted by atomic mass is 35.5. The maximum Gasteiger partial charge on any atom is 0.262 e. The maximum absolute atomic E-state index is 12.4. The zero-order valence-corrected chi connectivity index (χ0v) is 19.2. The Hall–Kier alpha value is -3.02. The molecule has 5 nitrogen and oxygen atoms in total. The molecular formula is C25H24Cl2N2O3. The summed E-state index contributed by atoms with van der Waals surface area (Å²) < 4.78 is 5.52. The third-order valence-corrected chi connectivity index (χ3v) is 5.28. The molecule has 0 unspecified atom stereocenters. The van der Waals surface area contributed by atoms with Crippen LogP contribution in [0.2, 0.25) is 10.0 Å². The Morgan fingerprint density at radius 3 is 2.31 bits per heavy atom. The molecule has 3 rings (SSSR count). The van der Waals surface area contributed by atoms with E-state index in [0.717, 1.165) is 24.9 Å². The number of amides is 2. The van der Waals surface area contributed by atoms with Crippen LogP contribution in [0.1, 0.15) is 35.7 Å². The van der Waals surface area contributed by atoms with Gasteiger partial charge in [-0.25, -0.2) is 0 Å². The Kier molecular flexibility index (Phi) is 8.54. The van der Waals surface area contributed by atoms with E-state index in [9.17, 15) is 9.59 Å². The summed E-state index contributed by atoms with van der Waals surface area (Å²) in [6.07, 6.45) is 3.33. The molecule has 2 amide bonds. The van der Waals surface area contributed by atoms with Gasteiger partial charge in [0.2, 0.25) is 0 Å². The van der Waals surface area contributed by atoms with Gasteiger partial charge in [-0.2, -0.15) is 0 Å². The predicted octanol–water partition coefficient (Wildman–Crippen LogP) is 6.61. The van der Waals surface area contributed by atoms with Crippen molar-refractivity contribution in [1.82, 2.24) is 0 Å². The van der Waals surface area contributed by atoms with Crippen molar-refractivity contribution in [1.29, 1.82) is 0 Å². The van der Waals surface area contributed by atoms with E-state index in [1.165, 1.54) is 5.56 Å². The monoisotopic (exact) mass is 470 g/mol. The van der Waals surface area contributed by atoms with Gasteiger partial charge >= 0.3 is 0 Å². The molecule has 32 heavy (non-hydrogen) atoms. The van der Waals surface area contributed by atoms with Crippen molar-refractivity contribution in [2.75, 3.05) is 17.2 Å². The van der Waals surface area contributed by atoms with Gasteiger partial charge in [0.1, 0.15) is 5.75 Å². The van der Waals surface area contributed by atoms with Gasteiger partial charge < -0.3 is 15.4 Å². The molecule has 166 valence electrons. The van der Waals surface area contributed by atoms with E-state index in [4.69, 9.17) is 27.9 Å². The van der Waals surface area contributed by atoms with Crippen LogP contribution in [0.3, 0.4) is 0 Å². The molecule has 0 aliphatic carbocycles. The van der Waals surface area contributed by atoms with Gasteiger partial charge in [0.25, 0.3) is 11.8 Å². The minimum atomic E-state index is -0.333. The second kappa shape index (κ2) is 11.6. The number of aryl methyl sites for hydroxylation is 1. The lowest BCUT2D eigenvalue weighted by molar-refractivity contribution is -0.118. The summed E-state index contributed by atoms with van der Waals surface area (Å²) in [5, 5.41) is 6.39. The number of ether oxygens (including phenoxy) is 1. The number of unbranched alkanes of at least 4 members (excludes halogenated alkanes) is 1. The molecule has 0 heterocycles. The number of anilines is 2. The van der Waals surface area contributed by atoms with E-state index in [0.29, 0.717) is 27.0 Å². The summed E-state index contributed by atoms with van der Waals surface area (Å²) >= 11 is 12.0. The fourth-order valence-electron chi connectivity index (χ4n) is 2.97. The summed E-state index contributed by atoms with van der Waals surface area (Å²) in [5.74, 6) is -0.114. The Morgan fingerprint density at radius 1 is 0.906 bits per heavy atom. The van der Waals surface area contributed by atoms with Crippen molar-refractivity contribution in [2.45, 2.75) is 26.2 Å². The van der Waals surface area contributed by atoms with Crippen LogP contribution in [0.15, 0.2) is 66.7 Å². The van der Waals surface area contributed by atoms with E-state index >= 15 is 0 Å². The van der Waals surface area contributed by atoms with Crippen LogP contribution in [-0.2, 0) is 11.2 Å². The van der Waals surface area contributed by atoms with E-state index in [1.807, 2.05) is 24.3 Å². The lowest BCUT2D eigenvalue weighted by Gasteiger charge is -2.10. The predicted molar refractivity (Wildman–Crippen MR) is 130 cm³/mol. The molecule has 7 heteroatoms. The van der Waals surface area contributed by atoms with Crippen molar-refractivity contribution in [2.24, 2.45) is 0 Å². The zero-order chi connectivity index (χ0) is 22.9. The lowest BCUT2D eigenvalue weighted by Crippen LogP contribution is -2.20. The van der Waals surface area contributed by atoms with Crippen LogP contribution >= 0.6 is 23.2 Å². The van der Waals surface area contributed by atoms with Gasteiger partial charge in [0.05, 0.1) is 10.7 Å². The minimum Gasteiger partial charge on any atom is -0.484 e. The van der Waals surface area contributed by atoms with Gasteiger partial charge in [0.15, 0.2) is 6.61 Å². The van der Waals surface area contributed by atoms with Crippen LogP contribution in [-0.4, -0.2) is 18.4 Å². The molecule has 0 bridgehead atoms. The quantitative estimate of drug-likeness (QED) is 0.369. The molecule has 0 atom stereocenters. The third-order valence-electron chi connectivity index (χ3n) is 4.72. The van der Waals surface area contributed by atoms with Crippen LogP contribution < -0.4 is 15.4 Å². The Morgan fingerprint density at radius 2 is 1.62 bits per heavy atom. The van der Waals surface area contributed by atoms with E-state index in [-0.39, 0.29) is 18.4 Å². The molecule has 0 aliphatic rings. The van der Waals surface area contributed by atoms with Gasteiger partial charge in [0, 0.05) is 16.3 Å². The fraction of sp³-hybridized carbons (Fsp3) is 0.200. The summed E-state index contributed by atoms with van der Waals surface area (Å²) in [7, 11) is 0. The average molecular weight is 471 g/mol. The van der Waals surface area contributed by atoms with Gasteiger partial charge in [-0.05, 0) is 73.0 Å². The summed E-state index contributed by atoms with van der Waals surface area (Å²) in [6, 6.07) is 19.1. The zero-order valence-electron chi connectivity index (χ0n) is 17.7. The van der Waals surface area contributed by atoms with Crippen molar-refractivity contribution >= 4 is 46.4 Å². The van der Waals surface area contributed by atoms with Crippen molar-refractivity contribution < 1.29 is 14.3 Å². The van der Waals surface area contributed by atoms with Crippen molar-refractivity contribution in [3.63, 3.8) is 0 Å².